The average Bonchev–Trinajstić information content (AvgIpc) is 3.00. The van der Waals surface area contributed by atoms with Crippen LogP contribution in [0.3, 0.4) is 0 Å². The van der Waals surface area contributed by atoms with Crippen LogP contribution >= 0.6 is 0 Å². The standard InChI is InChI=1S/C21H26N4/c22-18-10-8-17(9-11-18)16-21-23-19-6-2-3-7-20(19)25(21)15-14-24-12-4-1-5-13-24/h2-3,6-11H,1,4-5,12-16,22H2. The molecule has 0 aliphatic carbocycles. The molecule has 0 radical (unpaired) electrons. The second kappa shape index (κ2) is 7.28. The van der Waals surface area contributed by atoms with Crippen LogP contribution < -0.4 is 5.73 Å². The van der Waals surface area contributed by atoms with Crippen molar-refractivity contribution in [2.45, 2.75) is 32.2 Å². The Morgan fingerprint density at radius 3 is 2.44 bits per heavy atom. The molecule has 4 nitrogen and oxygen atoms in total. The van der Waals surface area contributed by atoms with Gasteiger partial charge < -0.3 is 15.2 Å². The summed E-state index contributed by atoms with van der Waals surface area (Å²) in [4.78, 5) is 7.50. The molecule has 0 saturated carbocycles. The lowest BCUT2D eigenvalue weighted by Gasteiger charge is -2.26. The van der Waals surface area contributed by atoms with Crippen LogP contribution in [-0.4, -0.2) is 34.1 Å². The third-order valence-electron chi connectivity index (χ3n) is 5.16. The van der Waals surface area contributed by atoms with Crippen LogP contribution in [0.2, 0.25) is 0 Å². The zero-order valence-corrected chi connectivity index (χ0v) is 14.7. The number of rotatable bonds is 5. The van der Waals surface area contributed by atoms with Crippen molar-refractivity contribution in [2.75, 3.05) is 25.4 Å². The number of aromatic nitrogens is 2. The van der Waals surface area contributed by atoms with Gasteiger partial charge in [0.05, 0.1) is 11.0 Å². The van der Waals surface area contributed by atoms with Crippen molar-refractivity contribution >= 4 is 16.7 Å². The molecule has 0 spiro atoms. The highest BCUT2D eigenvalue weighted by atomic mass is 15.2. The van der Waals surface area contributed by atoms with Crippen molar-refractivity contribution < 1.29 is 0 Å². The highest BCUT2D eigenvalue weighted by Gasteiger charge is 2.14. The lowest BCUT2D eigenvalue weighted by molar-refractivity contribution is 0.221. The molecule has 4 rings (SSSR count). The summed E-state index contributed by atoms with van der Waals surface area (Å²) in [6.45, 7) is 4.58. The zero-order valence-electron chi connectivity index (χ0n) is 14.7. The summed E-state index contributed by atoms with van der Waals surface area (Å²) in [6.07, 6.45) is 4.90. The minimum Gasteiger partial charge on any atom is -0.399 e. The number of nitrogen functional groups attached to an aromatic ring is 1. The molecule has 0 amide bonds. The highest BCUT2D eigenvalue weighted by molar-refractivity contribution is 5.76. The Labute approximate surface area is 149 Å². The Kier molecular flexibility index (Phi) is 4.70. The van der Waals surface area contributed by atoms with Crippen molar-refractivity contribution in [3.05, 3.63) is 59.9 Å². The summed E-state index contributed by atoms with van der Waals surface area (Å²) in [7, 11) is 0. The molecule has 2 heterocycles. The Morgan fingerprint density at radius 1 is 0.880 bits per heavy atom. The van der Waals surface area contributed by atoms with Gasteiger partial charge in [0.15, 0.2) is 0 Å². The minimum atomic E-state index is 0.808. The molecule has 0 atom stereocenters. The number of piperidine rings is 1. The fourth-order valence-electron chi connectivity index (χ4n) is 3.75. The first-order valence-corrected chi connectivity index (χ1v) is 9.30. The maximum atomic E-state index is 5.82. The highest BCUT2D eigenvalue weighted by Crippen LogP contribution is 2.20. The normalized spacial score (nSPS) is 15.7. The first-order valence-electron chi connectivity index (χ1n) is 9.30. The van der Waals surface area contributed by atoms with Gasteiger partial charge in [-0.3, -0.25) is 0 Å². The van der Waals surface area contributed by atoms with Crippen LogP contribution in [0.25, 0.3) is 11.0 Å². The number of nitrogens with two attached hydrogens (primary N) is 1. The Hall–Kier alpha value is -2.33. The van der Waals surface area contributed by atoms with Gasteiger partial charge in [0.2, 0.25) is 0 Å². The van der Waals surface area contributed by atoms with Gasteiger partial charge in [-0.1, -0.05) is 30.7 Å². The molecule has 2 N–H and O–H groups in total. The van der Waals surface area contributed by atoms with E-state index in [0.717, 1.165) is 36.5 Å². The van der Waals surface area contributed by atoms with E-state index in [4.69, 9.17) is 10.7 Å². The maximum Gasteiger partial charge on any atom is 0.114 e. The van der Waals surface area contributed by atoms with Gasteiger partial charge in [0, 0.05) is 25.2 Å². The van der Waals surface area contributed by atoms with Crippen LogP contribution in [-0.2, 0) is 13.0 Å². The molecule has 1 aliphatic rings. The first-order chi connectivity index (χ1) is 12.3. The van der Waals surface area contributed by atoms with E-state index in [-0.39, 0.29) is 0 Å². The molecule has 2 aromatic carbocycles. The van der Waals surface area contributed by atoms with Crippen LogP contribution in [0.4, 0.5) is 5.69 Å². The van der Waals surface area contributed by atoms with Crippen molar-refractivity contribution in [3.8, 4) is 0 Å². The van der Waals surface area contributed by atoms with Crippen molar-refractivity contribution in [1.82, 2.24) is 14.5 Å². The zero-order chi connectivity index (χ0) is 17.1. The van der Waals surface area contributed by atoms with E-state index >= 15 is 0 Å². The predicted octanol–water partition coefficient (Wildman–Crippen LogP) is 3.70. The van der Waals surface area contributed by atoms with Crippen molar-refractivity contribution in [3.63, 3.8) is 0 Å². The molecule has 3 aromatic rings. The number of hydrogen-bond donors (Lipinski definition) is 1. The number of fused-ring (bicyclic) bond motifs is 1. The molecule has 0 unspecified atom stereocenters. The molecular weight excluding hydrogens is 308 g/mol. The predicted molar refractivity (Wildman–Crippen MR) is 104 cm³/mol. The SMILES string of the molecule is Nc1ccc(Cc2nc3ccccc3n2CCN2CCCCC2)cc1. The number of anilines is 1. The summed E-state index contributed by atoms with van der Waals surface area (Å²) in [5, 5.41) is 0. The van der Waals surface area contributed by atoms with E-state index in [1.165, 1.54) is 43.4 Å². The molecule has 1 aromatic heterocycles. The number of nitrogens with zero attached hydrogens (tertiary/aromatic N) is 3. The van der Waals surface area contributed by atoms with Crippen molar-refractivity contribution in [1.29, 1.82) is 0 Å². The summed E-state index contributed by atoms with van der Waals surface area (Å²) < 4.78 is 2.40. The molecular formula is C21H26N4. The Morgan fingerprint density at radius 2 is 1.64 bits per heavy atom. The lowest BCUT2D eigenvalue weighted by Crippen LogP contribution is -2.32. The lowest BCUT2D eigenvalue weighted by atomic mass is 10.1. The maximum absolute atomic E-state index is 5.82. The van der Waals surface area contributed by atoms with E-state index in [2.05, 4.69) is 45.9 Å². The Balaban J connectivity index is 1.59. The second-order valence-corrected chi connectivity index (χ2v) is 6.99. The summed E-state index contributed by atoms with van der Waals surface area (Å²) in [5.74, 6) is 1.14. The van der Waals surface area contributed by atoms with Gasteiger partial charge in [-0.25, -0.2) is 4.98 Å². The number of hydrogen-bond acceptors (Lipinski definition) is 3. The minimum absolute atomic E-state index is 0.808. The van der Waals surface area contributed by atoms with Gasteiger partial charge >= 0.3 is 0 Å². The quantitative estimate of drug-likeness (QED) is 0.724. The molecule has 1 aliphatic heterocycles. The summed E-state index contributed by atoms with van der Waals surface area (Å²) in [6, 6.07) is 16.6. The van der Waals surface area contributed by atoms with Gasteiger partial charge in [-0.2, -0.15) is 0 Å². The molecule has 1 saturated heterocycles. The van der Waals surface area contributed by atoms with Gasteiger partial charge in [-0.15, -0.1) is 0 Å². The Bertz CT molecular complexity index is 829. The summed E-state index contributed by atoms with van der Waals surface area (Å²) in [5.41, 5.74) is 10.2. The number of para-hydroxylation sites is 2. The summed E-state index contributed by atoms with van der Waals surface area (Å²) >= 11 is 0. The molecule has 130 valence electrons. The van der Waals surface area contributed by atoms with Crippen LogP contribution in [0.1, 0.15) is 30.7 Å². The van der Waals surface area contributed by atoms with Crippen molar-refractivity contribution in [2.24, 2.45) is 0 Å². The van der Waals surface area contributed by atoms with E-state index in [1.807, 2.05) is 12.1 Å². The van der Waals surface area contributed by atoms with Gasteiger partial charge in [0.25, 0.3) is 0 Å². The molecule has 0 bridgehead atoms. The monoisotopic (exact) mass is 334 g/mol. The van der Waals surface area contributed by atoms with E-state index in [9.17, 15) is 0 Å². The number of likely N-dealkylation sites (tertiary alicyclic amines) is 1. The van der Waals surface area contributed by atoms with E-state index in [0.29, 0.717) is 0 Å². The smallest absolute Gasteiger partial charge is 0.114 e. The third kappa shape index (κ3) is 3.69. The number of benzene rings is 2. The van der Waals surface area contributed by atoms with E-state index in [1.54, 1.807) is 0 Å². The topological polar surface area (TPSA) is 47.1 Å². The van der Waals surface area contributed by atoms with Crippen LogP contribution in [0, 0.1) is 0 Å². The second-order valence-electron chi connectivity index (χ2n) is 6.99. The molecule has 4 heteroatoms. The van der Waals surface area contributed by atoms with Crippen LogP contribution in [0.15, 0.2) is 48.5 Å². The largest absolute Gasteiger partial charge is 0.399 e. The first kappa shape index (κ1) is 16.2. The van der Waals surface area contributed by atoms with Gasteiger partial charge in [0.1, 0.15) is 5.82 Å². The molecule has 1 fully saturated rings. The number of imidazole rings is 1. The fourth-order valence-corrected chi connectivity index (χ4v) is 3.75. The fraction of sp³-hybridized carbons (Fsp3) is 0.381. The third-order valence-corrected chi connectivity index (χ3v) is 5.16. The van der Waals surface area contributed by atoms with Crippen LogP contribution in [0.5, 0.6) is 0 Å². The molecule has 25 heavy (non-hydrogen) atoms. The van der Waals surface area contributed by atoms with Gasteiger partial charge in [-0.05, 0) is 55.8 Å². The van der Waals surface area contributed by atoms with E-state index < -0.39 is 0 Å². The average molecular weight is 334 g/mol.